The molecule has 2 heterocycles. The summed E-state index contributed by atoms with van der Waals surface area (Å²) in [6.07, 6.45) is 0.667. The number of ether oxygens (including phenoxy) is 2. The molecule has 1 N–H and O–H groups in total. The molecular weight excluding hydrogens is 340 g/mol. The van der Waals surface area contributed by atoms with Crippen LogP contribution in [0.2, 0.25) is 0 Å². The number of carbonyl (C=O) groups is 1. The van der Waals surface area contributed by atoms with Gasteiger partial charge in [0.25, 0.3) is 5.91 Å². The fourth-order valence-electron chi connectivity index (χ4n) is 1.78. The fraction of sp³-hybridized carbons (Fsp3) is 0.143. The van der Waals surface area contributed by atoms with Gasteiger partial charge in [0.05, 0.1) is 6.21 Å². The van der Waals surface area contributed by atoms with Gasteiger partial charge in [-0.15, -0.1) is 0 Å². The highest BCUT2D eigenvalue weighted by Crippen LogP contribution is 2.30. The fourth-order valence-corrected chi connectivity index (χ4v) is 2.10. The zero-order valence-corrected chi connectivity index (χ0v) is 12.4. The summed E-state index contributed by atoms with van der Waals surface area (Å²) in [5, 5.41) is 3.81. The summed E-state index contributed by atoms with van der Waals surface area (Å²) >= 11 is 3.18. The van der Waals surface area contributed by atoms with Crippen molar-refractivity contribution in [3.05, 3.63) is 46.8 Å². The molecule has 0 saturated carbocycles. The van der Waals surface area contributed by atoms with Gasteiger partial charge in [-0.05, 0) is 40.2 Å². The summed E-state index contributed by atoms with van der Waals surface area (Å²) in [6, 6.07) is 10.6. The lowest BCUT2D eigenvalue weighted by atomic mass is 10.2. The molecule has 0 fully saturated rings. The van der Waals surface area contributed by atoms with Crippen LogP contribution in [0.25, 0.3) is 0 Å². The van der Waals surface area contributed by atoms with E-state index >= 15 is 0 Å². The van der Waals surface area contributed by atoms with Crippen LogP contribution in [0.1, 0.15) is 5.76 Å². The lowest BCUT2D eigenvalue weighted by molar-refractivity contribution is -0.130. The first-order valence-electron chi connectivity index (χ1n) is 6.19. The summed E-state index contributed by atoms with van der Waals surface area (Å²) in [6.45, 7) is 0.144. The molecule has 6 nitrogen and oxygen atoms in total. The molecule has 0 spiro atoms. The first-order chi connectivity index (χ1) is 10.2. The normalized spacial score (nSPS) is 16.9. The Morgan fingerprint density at radius 1 is 1.29 bits per heavy atom. The number of halogens is 1. The molecule has 2 aromatic rings. The summed E-state index contributed by atoms with van der Waals surface area (Å²) in [7, 11) is 0. The van der Waals surface area contributed by atoms with Gasteiger partial charge < -0.3 is 13.9 Å². The first kappa shape index (κ1) is 13.7. The predicted molar refractivity (Wildman–Crippen MR) is 78.5 cm³/mol. The Balaban J connectivity index is 1.58. The maximum Gasteiger partial charge on any atom is 0.284 e. The highest BCUT2D eigenvalue weighted by Gasteiger charge is 2.26. The molecule has 1 aliphatic rings. The molecule has 0 aliphatic carbocycles. The summed E-state index contributed by atoms with van der Waals surface area (Å²) in [5.74, 6) is 1.31. The number of rotatable bonds is 3. The molecule has 1 aromatic heterocycles. The number of hydrogen-bond acceptors (Lipinski definition) is 5. The third-order valence-electron chi connectivity index (χ3n) is 2.76. The topological polar surface area (TPSA) is 73.1 Å². The SMILES string of the molecule is O=C(NN=Cc1ccc(Br)o1)C1COc2ccccc2O1. The number of carbonyl (C=O) groups excluding carboxylic acids is 1. The Morgan fingerprint density at radius 3 is 2.86 bits per heavy atom. The van der Waals surface area contributed by atoms with Crippen molar-refractivity contribution >= 4 is 28.1 Å². The molecule has 1 aliphatic heterocycles. The van der Waals surface area contributed by atoms with E-state index in [-0.39, 0.29) is 12.5 Å². The van der Waals surface area contributed by atoms with Gasteiger partial charge in [0.2, 0.25) is 6.10 Å². The van der Waals surface area contributed by atoms with Crippen molar-refractivity contribution < 1.29 is 18.7 Å². The van der Waals surface area contributed by atoms with E-state index < -0.39 is 6.10 Å². The van der Waals surface area contributed by atoms with Crippen LogP contribution in [-0.4, -0.2) is 24.8 Å². The average molecular weight is 351 g/mol. The highest BCUT2D eigenvalue weighted by atomic mass is 79.9. The van der Waals surface area contributed by atoms with Crippen LogP contribution in [0, 0.1) is 0 Å². The molecule has 0 saturated heterocycles. The third-order valence-corrected chi connectivity index (χ3v) is 3.19. The number of fused-ring (bicyclic) bond motifs is 1. The largest absolute Gasteiger partial charge is 0.485 e. The number of nitrogens with one attached hydrogen (secondary N) is 1. The van der Waals surface area contributed by atoms with Crippen LogP contribution in [0.15, 0.2) is 50.6 Å². The molecule has 7 heteroatoms. The lowest BCUT2D eigenvalue weighted by Crippen LogP contribution is -2.42. The van der Waals surface area contributed by atoms with E-state index in [1.807, 2.05) is 12.1 Å². The van der Waals surface area contributed by atoms with Crippen molar-refractivity contribution in [3.8, 4) is 11.5 Å². The van der Waals surface area contributed by atoms with Crippen molar-refractivity contribution in [2.45, 2.75) is 6.10 Å². The maximum atomic E-state index is 11.9. The van der Waals surface area contributed by atoms with Gasteiger partial charge in [0.15, 0.2) is 16.2 Å². The summed E-state index contributed by atoms with van der Waals surface area (Å²) in [5.41, 5.74) is 2.39. The van der Waals surface area contributed by atoms with E-state index in [1.165, 1.54) is 6.21 Å². The number of furan rings is 1. The van der Waals surface area contributed by atoms with E-state index in [0.717, 1.165) is 0 Å². The number of hydrogen-bond donors (Lipinski definition) is 1. The summed E-state index contributed by atoms with van der Waals surface area (Å²) in [4.78, 5) is 11.9. The smallest absolute Gasteiger partial charge is 0.284 e. The second-order valence-electron chi connectivity index (χ2n) is 4.24. The van der Waals surface area contributed by atoms with Crippen LogP contribution in [-0.2, 0) is 4.79 Å². The van der Waals surface area contributed by atoms with Gasteiger partial charge in [-0.1, -0.05) is 12.1 Å². The lowest BCUT2D eigenvalue weighted by Gasteiger charge is -2.24. The van der Waals surface area contributed by atoms with Crippen LogP contribution in [0.3, 0.4) is 0 Å². The van der Waals surface area contributed by atoms with Crippen LogP contribution in [0.4, 0.5) is 0 Å². The van der Waals surface area contributed by atoms with Gasteiger partial charge in [-0.2, -0.15) is 5.10 Å². The van der Waals surface area contributed by atoms with Gasteiger partial charge in [0.1, 0.15) is 12.4 Å². The first-order valence-corrected chi connectivity index (χ1v) is 6.98. The summed E-state index contributed by atoms with van der Waals surface area (Å²) < 4.78 is 16.8. The van der Waals surface area contributed by atoms with Crippen molar-refractivity contribution in [2.24, 2.45) is 5.10 Å². The van der Waals surface area contributed by atoms with Gasteiger partial charge >= 0.3 is 0 Å². The second kappa shape index (κ2) is 6.01. The zero-order chi connectivity index (χ0) is 14.7. The second-order valence-corrected chi connectivity index (χ2v) is 5.02. The molecule has 1 aromatic carbocycles. The molecule has 1 atom stereocenters. The monoisotopic (exact) mass is 350 g/mol. The van der Waals surface area contributed by atoms with Gasteiger partial charge in [-0.25, -0.2) is 5.43 Å². The van der Waals surface area contributed by atoms with E-state index in [9.17, 15) is 4.79 Å². The Morgan fingerprint density at radius 2 is 2.10 bits per heavy atom. The zero-order valence-electron chi connectivity index (χ0n) is 10.8. The van der Waals surface area contributed by atoms with E-state index in [0.29, 0.717) is 21.9 Å². The highest BCUT2D eigenvalue weighted by molar-refractivity contribution is 9.10. The quantitative estimate of drug-likeness (QED) is 0.681. The molecule has 0 bridgehead atoms. The Bertz CT molecular complexity index is 683. The number of nitrogens with zero attached hydrogens (tertiary/aromatic N) is 1. The van der Waals surface area contributed by atoms with E-state index in [2.05, 4.69) is 26.5 Å². The molecule has 0 radical (unpaired) electrons. The van der Waals surface area contributed by atoms with Crippen molar-refractivity contribution in [1.29, 1.82) is 0 Å². The minimum absolute atomic E-state index is 0.144. The third kappa shape index (κ3) is 3.25. The number of benzene rings is 1. The predicted octanol–water partition coefficient (Wildman–Crippen LogP) is 2.33. The maximum absolute atomic E-state index is 11.9. The molecule has 1 unspecified atom stereocenters. The standard InChI is InChI=1S/C14H11BrN2O4/c15-13-6-5-9(20-13)7-16-17-14(18)12-8-19-10-3-1-2-4-11(10)21-12/h1-7,12H,8H2,(H,17,18). The van der Waals surface area contributed by atoms with E-state index in [1.54, 1.807) is 24.3 Å². The minimum atomic E-state index is -0.736. The van der Waals surface area contributed by atoms with Crippen molar-refractivity contribution in [2.75, 3.05) is 6.61 Å². The minimum Gasteiger partial charge on any atom is -0.485 e. The van der Waals surface area contributed by atoms with Crippen molar-refractivity contribution in [1.82, 2.24) is 5.43 Å². The van der Waals surface area contributed by atoms with Crippen LogP contribution >= 0.6 is 15.9 Å². The number of amides is 1. The molecule has 1 amide bonds. The van der Waals surface area contributed by atoms with Crippen LogP contribution < -0.4 is 14.9 Å². The number of para-hydroxylation sites is 2. The molecular formula is C14H11BrN2O4. The average Bonchev–Trinajstić information content (AvgIpc) is 2.92. The Hall–Kier alpha value is -2.28. The van der Waals surface area contributed by atoms with E-state index in [4.69, 9.17) is 13.9 Å². The number of hydrazone groups is 1. The van der Waals surface area contributed by atoms with Gasteiger partial charge in [-0.3, -0.25) is 4.79 Å². The Kier molecular flexibility index (Phi) is 3.92. The molecule has 108 valence electrons. The van der Waals surface area contributed by atoms with Crippen molar-refractivity contribution in [3.63, 3.8) is 0 Å². The molecule has 21 heavy (non-hydrogen) atoms. The van der Waals surface area contributed by atoms with Crippen LogP contribution in [0.5, 0.6) is 11.5 Å². The van der Waals surface area contributed by atoms with Gasteiger partial charge in [0, 0.05) is 0 Å². The molecule has 3 rings (SSSR count). The Labute approximate surface area is 128 Å².